The van der Waals surface area contributed by atoms with Gasteiger partial charge in [0.2, 0.25) is 5.91 Å². The smallest absolute Gasteiger partial charge is 0.241 e. The molecule has 1 heterocycles. The van der Waals surface area contributed by atoms with Gasteiger partial charge in [-0.25, -0.2) is 13.2 Å². The van der Waals surface area contributed by atoms with Gasteiger partial charge in [-0.15, -0.1) is 0 Å². The Kier molecular flexibility index (Phi) is 4.61. The number of amides is 1. The van der Waals surface area contributed by atoms with Crippen molar-refractivity contribution < 1.29 is 18.0 Å². The Hall–Kier alpha value is -1.60. The molecule has 1 atom stereocenters. The zero-order valence-electron chi connectivity index (χ0n) is 11.0. The van der Waals surface area contributed by atoms with Crippen LogP contribution in [0.2, 0.25) is 0 Å². The van der Waals surface area contributed by atoms with Crippen LogP contribution < -0.4 is 10.6 Å². The van der Waals surface area contributed by atoms with Crippen LogP contribution in [0.4, 0.5) is 18.9 Å². The second-order valence-corrected chi connectivity index (χ2v) is 4.70. The molecule has 1 aliphatic rings. The van der Waals surface area contributed by atoms with E-state index in [0.717, 1.165) is 13.1 Å². The van der Waals surface area contributed by atoms with Crippen molar-refractivity contribution in [2.45, 2.75) is 13.0 Å². The van der Waals surface area contributed by atoms with E-state index in [1.54, 1.807) is 6.92 Å². The number of benzene rings is 1. The van der Waals surface area contributed by atoms with Crippen molar-refractivity contribution in [1.29, 1.82) is 0 Å². The number of rotatable bonds is 3. The second kappa shape index (κ2) is 6.23. The van der Waals surface area contributed by atoms with Crippen LogP contribution >= 0.6 is 0 Å². The summed E-state index contributed by atoms with van der Waals surface area (Å²) in [5, 5.41) is 5.33. The molecule has 7 heteroatoms. The van der Waals surface area contributed by atoms with E-state index in [9.17, 15) is 18.0 Å². The van der Waals surface area contributed by atoms with Crippen molar-refractivity contribution in [3.05, 3.63) is 29.6 Å². The number of hydrogen-bond acceptors (Lipinski definition) is 3. The van der Waals surface area contributed by atoms with E-state index >= 15 is 0 Å². The van der Waals surface area contributed by atoms with Gasteiger partial charge in [0.25, 0.3) is 0 Å². The molecule has 1 aliphatic heterocycles. The van der Waals surface area contributed by atoms with E-state index in [1.165, 1.54) is 0 Å². The predicted molar refractivity (Wildman–Crippen MR) is 68.9 cm³/mol. The van der Waals surface area contributed by atoms with Gasteiger partial charge in [-0.3, -0.25) is 9.69 Å². The highest BCUT2D eigenvalue weighted by molar-refractivity contribution is 5.94. The summed E-state index contributed by atoms with van der Waals surface area (Å²) in [5.41, 5.74) is -0.613. The molecule has 1 aromatic rings. The highest BCUT2D eigenvalue weighted by Crippen LogP contribution is 2.20. The Labute approximate surface area is 114 Å². The van der Waals surface area contributed by atoms with Gasteiger partial charge in [-0.2, -0.15) is 0 Å². The standard InChI is InChI=1S/C13H16F3N3O/c1-8(19-4-2-17-3-5-19)13(20)18-12-10(15)6-9(14)7-11(12)16/h6-8,17H,2-5H2,1H3,(H,18,20). The predicted octanol–water partition coefficient (Wildman–Crippen LogP) is 1.34. The third-order valence-electron chi connectivity index (χ3n) is 3.33. The summed E-state index contributed by atoms with van der Waals surface area (Å²) >= 11 is 0. The lowest BCUT2D eigenvalue weighted by Crippen LogP contribution is -2.51. The molecule has 0 radical (unpaired) electrons. The normalized spacial score (nSPS) is 17.8. The van der Waals surface area contributed by atoms with Crippen LogP contribution in [0.1, 0.15) is 6.92 Å². The monoisotopic (exact) mass is 287 g/mol. The number of anilines is 1. The van der Waals surface area contributed by atoms with Gasteiger partial charge in [0.15, 0.2) is 11.6 Å². The lowest BCUT2D eigenvalue weighted by molar-refractivity contribution is -0.121. The Morgan fingerprint density at radius 1 is 1.25 bits per heavy atom. The van der Waals surface area contributed by atoms with Gasteiger partial charge in [-0.1, -0.05) is 0 Å². The molecular weight excluding hydrogens is 271 g/mol. The molecule has 1 fully saturated rings. The highest BCUT2D eigenvalue weighted by Gasteiger charge is 2.24. The molecule has 1 aromatic carbocycles. The van der Waals surface area contributed by atoms with Crippen molar-refractivity contribution in [2.24, 2.45) is 0 Å². The van der Waals surface area contributed by atoms with Crippen LogP contribution in [0, 0.1) is 17.5 Å². The van der Waals surface area contributed by atoms with E-state index in [-0.39, 0.29) is 0 Å². The molecule has 1 amide bonds. The Morgan fingerprint density at radius 2 is 1.80 bits per heavy atom. The van der Waals surface area contributed by atoms with Crippen LogP contribution in [-0.2, 0) is 4.79 Å². The third kappa shape index (κ3) is 3.29. The Balaban J connectivity index is 2.07. The summed E-state index contributed by atoms with van der Waals surface area (Å²) in [6.45, 7) is 4.56. The van der Waals surface area contributed by atoms with Gasteiger partial charge in [0.1, 0.15) is 11.5 Å². The topological polar surface area (TPSA) is 44.4 Å². The van der Waals surface area contributed by atoms with Gasteiger partial charge < -0.3 is 10.6 Å². The zero-order valence-corrected chi connectivity index (χ0v) is 11.0. The van der Waals surface area contributed by atoms with Crippen molar-refractivity contribution in [1.82, 2.24) is 10.2 Å². The molecule has 1 saturated heterocycles. The number of halogens is 3. The quantitative estimate of drug-likeness (QED) is 0.881. The number of piperazine rings is 1. The fourth-order valence-electron chi connectivity index (χ4n) is 2.12. The molecule has 0 spiro atoms. The van der Waals surface area contributed by atoms with Crippen LogP contribution in [0.25, 0.3) is 0 Å². The minimum Gasteiger partial charge on any atom is -0.320 e. The minimum absolute atomic E-state index is 0.513. The molecule has 110 valence electrons. The summed E-state index contributed by atoms with van der Waals surface area (Å²) < 4.78 is 39.7. The van der Waals surface area contributed by atoms with Crippen molar-refractivity contribution in [3.63, 3.8) is 0 Å². The summed E-state index contributed by atoms with van der Waals surface area (Å²) in [4.78, 5) is 13.9. The summed E-state index contributed by atoms with van der Waals surface area (Å²) in [6.07, 6.45) is 0. The average molecular weight is 287 g/mol. The summed E-state index contributed by atoms with van der Waals surface area (Å²) in [6, 6.07) is 0.559. The van der Waals surface area contributed by atoms with Gasteiger partial charge in [-0.05, 0) is 6.92 Å². The number of hydrogen-bond donors (Lipinski definition) is 2. The molecule has 0 saturated carbocycles. The Bertz CT molecular complexity index is 481. The van der Waals surface area contributed by atoms with E-state index in [2.05, 4.69) is 10.6 Å². The molecule has 0 aliphatic carbocycles. The SMILES string of the molecule is CC(C(=O)Nc1c(F)cc(F)cc1F)N1CCNCC1. The first kappa shape index (κ1) is 14.8. The molecule has 2 N–H and O–H groups in total. The van der Waals surface area contributed by atoms with Gasteiger partial charge >= 0.3 is 0 Å². The number of nitrogens with one attached hydrogen (secondary N) is 2. The van der Waals surface area contributed by atoms with Crippen LogP contribution in [0.3, 0.4) is 0 Å². The second-order valence-electron chi connectivity index (χ2n) is 4.70. The summed E-state index contributed by atoms with van der Waals surface area (Å²) in [7, 11) is 0. The molecule has 1 unspecified atom stereocenters. The maximum absolute atomic E-state index is 13.5. The van der Waals surface area contributed by atoms with Gasteiger partial charge in [0.05, 0.1) is 6.04 Å². The first-order valence-electron chi connectivity index (χ1n) is 6.39. The maximum atomic E-state index is 13.5. The number of carbonyl (C=O) groups is 1. The molecule has 20 heavy (non-hydrogen) atoms. The molecule has 0 bridgehead atoms. The van der Waals surface area contributed by atoms with E-state index < -0.39 is 35.1 Å². The van der Waals surface area contributed by atoms with Crippen LogP contribution in [0.5, 0.6) is 0 Å². The molecule has 4 nitrogen and oxygen atoms in total. The van der Waals surface area contributed by atoms with Crippen LogP contribution in [0.15, 0.2) is 12.1 Å². The van der Waals surface area contributed by atoms with Crippen molar-refractivity contribution >= 4 is 11.6 Å². The lowest BCUT2D eigenvalue weighted by Gasteiger charge is -2.31. The molecule has 2 rings (SSSR count). The Morgan fingerprint density at radius 3 is 2.35 bits per heavy atom. The fourth-order valence-corrected chi connectivity index (χ4v) is 2.12. The van der Waals surface area contributed by atoms with E-state index in [4.69, 9.17) is 0 Å². The number of nitrogens with zero attached hydrogens (tertiary/aromatic N) is 1. The lowest BCUT2D eigenvalue weighted by atomic mass is 10.2. The fraction of sp³-hybridized carbons (Fsp3) is 0.462. The largest absolute Gasteiger partial charge is 0.320 e. The molecular formula is C13H16F3N3O. The molecule has 0 aromatic heterocycles. The number of carbonyl (C=O) groups excluding carboxylic acids is 1. The first-order valence-corrected chi connectivity index (χ1v) is 6.39. The zero-order chi connectivity index (χ0) is 14.7. The van der Waals surface area contributed by atoms with Crippen molar-refractivity contribution in [3.8, 4) is 0 Å². The van der Waals surface area contributed by atoms with Gasteiger partial charge in [0, 0.05) is 38.3 Å². The van der Waals surface area contributed by atoms with E-state index in [1.807, 2.05) is 4.90 Å². The van der Waals surface area contributed by atoms with E-state index in [0.29, 0.717) is 25.2 Å². The first-order chi connectivity index (χ1) is 9.49. The minimum atomic E-state index is -1.12. The third-order valence-corrected chi connectivity index (χ3v) is 3.33. The highest BCUT2D eigenvalue weighted by atomic mass is 19.1. The maximum Gasteiger partial charge on any atom is 0.241 e. The average Bonchev–Trinajstić information content (AvgIpc) is 2.42. The van der Waals surface area contributed by atoms with Crippen molar-refractivity contribution in [2.75, 3.05) is 31.5 Å². The van der Waals surface area contributed by atoms with Crippen LogP contribution in [-0.4, -0.2) is 43.0 Å². The summed E-state index contributed by atoms with van der Waals surface area (Å²) in [5.74, 6) is -3.78.